The first-order chi connectivity index (χ1) is 9.72. The highest BCUT2D eigenvalue weighted by molar-refractivity contribution is 5.44. The number of aliphatic hydroxyl groups excluding tert-OH is 1. The third-order valence-electron chi connectivity index (χ3n) is 3.46. The van der Waals surface area contributed by atoms with E-state index in [4.69, 9.17) is 15.2 Å². The third kappa shape index (κ3) is 2.70. The molecule has 0 spiro atoms. The average molecular weight is 271 g/mol. The summed E-state index contributed by atoms with van der Waals surface area (Å²) in [7, 11) is 0. The summed E-state index contributed by atoms with van der Waals surface area (Å²) in [6, 6.07) is 13.2. The number of hydrogen-bond acceptors (Lipinski definition) is 4. The molecule has 20 heavy (non-hydrogen) atoms. The molecule has 0 radical (unpaired) electrons. The molecule has 0 aromatic heterocycles. The van der Waals surface area contributed by atoms with Crippen LogP contribution in [0.4, 0.5) is 5.69 Å². The number of aliphatic hydroxyl groups is 1. The molecule has 0 bridgehead atoms. The zero-order valence-corrected chi connectivity index (χ0v) is 11.1. The van der Waals surface area contributed by atoms with Crippen LogP contribution in [0.5, 0.6) is 11.5 Å². The minimum atomic E-state index is -0.485. The Morgan fingerprint density at radius 1 is 1.05 bits per heavy atom. The monoisotopic (exact) mass is 271 g/mol. The third-order valence-corrected chi connectivity index (χ3v) is 3.46. The van der Waals surface area contributed by atoms with E-state index in [1.54, 1.807) is 12.1 Å². The van der Waals surface area contributed by atoms with E-state index >= 15 is 0 Å². The van der Waals surface area contributed by atoms with Crippen LogP contribution in [0.2, 0.25) is 0 Å². The molecule has 4 heteroatoms. The Morgan fingerprint density at radius 2 is 1.80 bits per heavy atom. The summed E-state index contributed by atoms with van der Waals surface area (Å²) in [6.45, 7) is 0.285. The van der Waals surface area contributed by atoms with Gasteiger partial charge in [-0.05, 0) is 48.2 Å². The summed E-state index contributed by atoms with van der Waals surface area (Å²) in [5.74, 6) is 1.57. The predicted molar refractivity (Wildman–Crippen MR) is 76.7 cm³/mol. The van der Waals surface area contributed by atoms with Gasteiger partial charge in [0.15, 0.2) is 11.5 Å². The Bertz CT molecular complexity index is 595. The van der Waals surface area contributed by atoms with Crippen LogP contribution in [0.3, 0.4) is 0 Å². The Hall–Kier alpha value is -2.20. The minimum absolute atomic E-state index is 0.285. The van der Waals surface area contributed by atoms with Crippen molar-refractivity contribution in [3.63, 3.8) is 0 Å². The van der Waals surface area contributed by atoms with Crippen LogP contribution in [-0.4, -0.2) is 11.9 Å². The summed E-state index contributed by atoms with van der Waals surface area (Å²) in [5, 5.41) is 10.2. The predicted octanol–water partition coefficient (Wildman–Crippen LogP) is 2.66. The van der Waals surface area contributed by atoms with Crippen molar-refractivity contribution in [3.8, 4) is 11.5 Å². The van der Waals surface area contributed by atoms with Gasteiger partial charge in [-0.25, -0.2) is 0 Å². The van der Waals surface area contributed by atoms with E-state index in [-0.39, 0.29) is 6.79 Å². The normalized spacial score (nSPS) is 14.2. The Kier molecular flexibility index (Phi) is 3.48. The average Bonchev–Trinajstić information content (AvgIpc) is 2.93. The highest BCUT2D eigenvalue weighted by atomic mass is 16.7. The molecule has 1 atom stereocenters. The fourth-order valence-electron chi connectivity index (χ4n) is 2.28. The summed E-state index contributed by atoms with van der Waals surface area (Å²) < 4.78 is 10.6. The SMILES string of the molecule is Nc1ccc(C(O)CCc2ccc3c(c2)OCO3)cc1. The first-order valence-electron chi connectivity index (χ1n) is 6.64. The zero-order chi connectivity index (χ0) is 13.9. The zero-order valence-electron chi connectivity index (χ0n) is 11.1. The number of ether oxygens (including phenoxy) is 2. The lowest BCUT2D eigenvalue weighted by Gasteiger charge is -2.11. The molecule has 3 N–H and O–H groups in total. The van der Waals surface area contributed by atoms with Gasteiger partial charge in [-0.1, -0.05) is 18.2 Å². The van der Waals surface area contributed by atoms with Gasteiger partial charge in [0.1, 0.15) is 0 Å². The maximum Gasteiger partial charge on any atom is 0.231 e. The maximum atomic E-state index is 10.2. The molecule has 0 amide bonds. The summed E-state index contributed by atoms with van der Waals surface area (Å²) in [6.07, 6.45) is 0.951. The molecule has 2 aromatic rings. The highest BCUT2D eigenvalue weighted by Gasteiger charge is 2.14. The van der Waals surface area contributed by atoms with Crippen molar-refractivity contribution in [2.75, 3.05) is 12.5 Å². The molecular formula is C16H17NO3. The van der Waals surface area contributed by atoms with E-state index in [0.29, 0.717) is 12.1 Å². The van der Waals surface area contributed by atoms with Gasteiger partial charge in [0, 0.05) is 5.69 Å². The van der Waals surface area contributed by atoms with E-state index < -0.39 is 6.10 Å². The molecule has 1 heterocycles. The molecule has 1 aliphatic rings. The smallest absolute Gasteiger partial charge is 0.231 e. The van der Waals surface area contributed by atoms with Crippen molar-refractivity contribution >= 4 is 5.69 Å². The summed E-state index contributed by atoms with van der Waals surface area (Å²) in [4.78, 5) is 0. The number of anilines is 1. The first-order valence-corrected chi connectivity index (χ1v) is 6.64. The summed E-state index contributed by atoms with van der Waals surface area (Å²) in [5.41, 5.74) is 8.36. The van der Waals surface area contributed by atoms with Crippen LogP contribution < -0.4 is 15.2 Å². The van der Waals surface area contributed by atoms with Gasteiger partial charge in [-0.3, -0.25) is 0 Å². The van der Waals surface area contributed by atoms with Gasteiger partial charge >= 0.3 is 0 Å². The maximum absolute atomic E-state index is 10.2. The largest absolute Gasteiger partial charge is 0.454 e. The molecule has 3 rings (SSSR count). The van der Waals surface area contributed by atoms with Gasteiger partial charge in [-0.2, -0.15) is 0 Å². The minimum Gasteiger partial charge on any atom is -0.454 e. The van der Waals surface area contributed by atoms with Gasteiger partial charge in [0.05, 0.1) is 6.10 Å². The van der Waals surface area contributed by atoms with Crippen LogP contribution in [0, 0.1) is 0 Å². The molecule has 0 saturated heterocycles. The molecule has 1 aliphatic heterocycles. The first kappa shape index (κ1) is 12.8. The fraction of sp³-hybridized carbons (Fsp3) is 0.250. The Balaban J connectivity index is 1.63. The lowest BCUT2D eigenvalue weighted by Crippen LogP contribution is -2.00. The number of aryl methyl sites for hydroxylation is 1. The van der Waals surface area contributed by atoms with Crippen molar-refractivity contribution in [1.29, 1.82) is 0 Å². The quantitative estimate of drug-likeness (QED) is 0.839. The van der Waals surface area contributed by atoms with Crippen molar-refractivity contribution in [3.05, 3.63) is 53.6 Å². The number of benzene rings is 2. The highest BCUT2D eigenvalue weighted by Crippen LogP contribution is 2.33. The molecule has 4 nitrogen and oxygen atoms in total. The number of hydrogen-bond donors (Lipinski definition) is 2. The van der Waals surface area contributed by atoms with E-state index in [1.807, 2.05) is 30.3 Å². The van der Waals surface area contributed by atoms with Crippen LogP contribution in [0.25, 0.3) is 0 Å². The standard InChI is InChI=1S/C16H17NO3/c17-13-5-3-12(4-6-13)14(18)7-1-11-2-8-15-16(9-11)20-10-19-15/h2-6,8-9,14,18H,1,7,10,17H2. The van der Waals surface area contributed by atoms with Crippen molar-refractivity contribution < 1.29 is 14.6 Å². The van der Waals surface area contributed by atoms with Gasteiger partial charge in [0.25, 0.3) is 0 Å². The van der Waals surface area contributed by atoms with E-state index in [2.05, 4.69) is 0 Å². The molecule has 0 saturated carbocycles. The molecule has 1 unspecified atom stereocenters. The molecular weight excluding hydrogens is 254 g/mol. The van der Waals surface area contributed by atoms with Crippen molar-refractivity contribution in [2.45, 2.75) is 18.9 Å². The van der Waals surface area contributed by atoms with E-state index in [9.17, 15) is 5.11 Å². The molecule has 2 aromatic carbocycles. The van der Waals surface area contributed by atoms with Crippen LogP contribution in [-0.2, 0) is 6.42 Å². The van der Waals surface area contributed by atoms with Crippen LogP contribution >= 0.6 is 0 Å². The van der Waals surface area contributed by atoms with Crippen LogP contribution in [0.1, 0.15) is 23.7 Å². The topological polar surface area (TPSA) is 64.7 Å². The van der Waals surface area contributed by atoms with Crippen molar-refractivity contribution in [2.24, 2.45) is 0 Å². The van der Waals surface area contributed by atoms with E-state index in [0.717, 1.165) is 29.0 Å². The molecule has 104 valence electrons. The number of nitrogen functional groups attached to an aromatic ring is 1. The second kappa shape index (κ2) is 5.43. The lowest BCUT2D eigenvalue weighted by atomic mass is 10.0. The molecule has 0 fully saturated rings. The molecule has 0 aliphatic carbocycles. The van der Waals surface area contributed by atoms with Crippen molar-refractivity contribution in [1.82, 2.24) is 0 Å². The lowest BCUT2D eigenvalue weighted by molar-refractivity contribution is 0.167. The summed E-state index contributed by atoms with van der Waals surface area (Å²) >= 11 is 0. The second-order valence-electron chi connectivity index (χ2n) is 4.91. The van der Waals surface area contributed by atoms with Gasteiger partial charge in [0.2, 0.25) is 6.79 Å². The fourth-order valence-corrected chi connectivity index (χ4v) is 2.28. The number of fused-ring (bicyclic) bond motifs is 1. The van der Waals surface area contributed by atoms with Gasteiger partial charge < -0.3 is 20.3 Å². The Labute approximate surface area is 117 Å². The number of rotatable bonds is 4. The second-order valence-corrected chi connectivity index (χ2v) is 4.91. The van der Waals surface area contributed by atoms with E-state index in [1.165, 1.54) is 0 Å². The Morgan fingerprint density at radius 3 is 2.60 bits per heavy atom. The number of nitrogens with two attached hydrogens (primary N) is 1. The van der Waals surface area contributed by atoms with Gasteiger partial charge in [-0.15, -0.1) is 0 Å². The van der Waals surface area contributed by atoms with Crippen LogP contribution in [0.15, 0.2) is 42.5 Å².